The molecule has 0 saturated carbocycles. The van der Waals surface area contributed by atoms with Gasteiger partial charge in [-0.25, -0.2) is 38.4 Å². The van der Waals surface area contributed by atoms with Crippen LogP contribution >= 0.6 is 0 Å². The third kappa shape index (κ3) is 35.0. The minimum Gasteiger partial charge on any atom is -0.462 e. The van der Waals surface area contributed by atoms with E-state index < -0.39 is 0 Å². The highest BCUT2D eigenvalue weighted by Gasteiger charge is 2.30. The quantitative estimate of drug-likeness (QED) is 0.0197. The summed E-state index contributed by atoms with van der Waals surface area (Å²) in [5.41, 5.74) is 21.6. The van der Waals surface area contributed by atoms with E-state index in [4.69, 9.17) is 37.9 Å². The van der Waals surface area contributed by atoms with Crippen LogP contribution in [0.25, 0.3) is 10.8 Å². The van der Waals surface area contributed by atoms with Gasteiger partial charge in [0.1, 0.15) is 0 Å². The van der Waals surface area contributed by atoms with Crippen molar-refractivity contribution in [2.75, 3.05) is 52.9 Å². The van der Waals surface area contributed by atoms with Crippen molar-refractivity contribution in [2.24, 2.45) is 0 Å². The Morgan fingerprint density at radius 3 is 0.362 bits per heavy atom. The molecule has 0 unspecified atom stereocenters. The number of carbonyl (C=O) groups excluding carboxylic acids is 8. The van der Waals surface area contributed by atoms with Crippen LogP contribution in [0.5, 0.6) is 0 Å². The second-order valence-corrected chi connectivity index (χ2v) is 36.9. The lowest BCUT2D eigenvalue weighted by atomic mass is 9.73. The monoisotopic (exact) mass is 1870 g/mol. The van der Waals surface area contributed by atoms with Crippen molar-refractivity contribution >= 4 is 58.5 Å². The molecule has 16 heteroatoms. The van der Waals surface area contributed by atoms with Gasteiger partial charge in [-0.2, -0.15) is 0 Å². The zero-order chi connectivity index (χ0) is 97.9. The van der Waals surface area contributed by atoms with Gasteiger partial charge in [0.2, 0.25) is 0 Å². The average Bonchev–Trinajstić information content (AvgIpc) is 0.716. The molecule has 16 nitrogen and oxygen atoms in total. The normalized spacial score (nSPS) is 11.2. The van der Waals surface area contributed by atoms with Crippen molar-refractivity contribution in [2.45, 2.75) is 312 Å². The van der Waals surface area contributed by atoms with Gasteiger partial charge in [0, 0.05) is 0 Å². The molecule has 0 aliphatic carbocycles. The number of benzene rings is 10. The van der Waals surface area contributed by atoms with E-state index in [2.05, 4.69) is 152 Å². The zero-order valence-electron chi connectivity index (χ0n) is 83.9. The number of fused-ring (bicyclic) bond motifs is 1. The van der Waals surface area contributed by atoms with Gasteiger partial charge in [-0.1, -0.05) is 255 Å². The van der Waals surface area contributed by atoms with Gasteiger partial charge in [0.15, 0.2) is 0 Å². The highest BCUT2D eigenvalue weighted by Crippen LogP contribution is 2.44. The average molecular weight is 1870 g/mol. The molecule has 0 fully saturated rings. The van der Waals surface area contributed by atoms with E-state index in [-0.39, 0.29) is 47.8 Å². The number of ether oxygens (including phenoxy) is 8. The van der Waals surface area contributed by atoms with Crippen LogP contribution < -0.4 is 0 Å². The Morgan fingerprint density at radius 1 is 0.145 bits per heavy atom. The summed E-state index contributed by atoms with van der Waals surface area (Å²) in [5.74, 6) is -2.90. The number of hydrogen-bond acceptors (Lipinski definition) is 16. The summed E-state index contributed by atoms with van der Waals surface area (Å²) in [4.78, 5) is 111. The maximum absolute atomic E-state index is 13.9. The molecule has 0 amide bonds. The summed E-state index contributed by atoms with van der Waals surface area (Å²) >= 11 is 0. The lowest BCUT2D eigenvalue weighted by molar-refractivity contribution is 0.0489. The Balaban J connectivity index is 1.33. The van der Waals surface area contributed by atoms with Crippen LogP contribution in [0.2, 0.25) is 0 Å². The molecule has 0 atom stereocenters. The minimum absolute atomic E-state index is 0.334. The fraction of sp³-hybridized carbons (Fsp3) is 0.459. The van der Waals surface area contributed by atoms with Gasteiger partial charge in [0.25, 0.3) is 0 Å². The number of carbonyl (C=O) groups is 8. The van der Waals surface area contributed by atoms with Crippen LogP contribution in [0.1, 0.15) is 381 Å². The van der Waals surface area contributed by atoms with Crippen LogP contribution in [0.4, 0.5) is 0 Å². The van der Waals surface area contributed by atoms with E-state index in [0.717, 1.165) is 209 Å². The van der Waals surface area contributed by atoms with Gasteiger partial charge in [-0.05, 0) is 351 Å². The van der Waals surface area contributed by atoms with Crippen LogP contribution in [0.3, 0.4) is 0 Å². The predicted molar refractivity (Wildman–Crippen MR) is 553 cm³/mol. The highest BCUT2D eigenvalue weighted by atomic mass is 16.6. The van der Waals surface area contributed by atoms with Crippen molar-refractivity contribution < 1.29 is 76.3 Å². The van der Waals surface area contributed by atoms with Crippen molar-refractivity contribution in [3.05, 3.63) is 328 Å². The summed E-state index contributed by atoms with van der Waals surface area (Å²) in [5, 5.41) is 2.32. The predicted octanol–water partition coefficient (Wildman–Crippen LogP) is 27.9. The Kier molecular flexibility index (Phi) is 47.7. The maximum Gasteiger partial charge on any atom is 0.338 e. The van der Waals surface area contributed by atoms with E-state index in [9.17, 15) is 38.4 Å². The molecule has 0 spiro atoms. The topological polar surface area (TPSA) is 210 Å². The van der Waals surface area contributed by atoms with Crippen molar-refractivity contribution in [1.29, 1.82) is 0 Å². The Labute approximate surface area is 822 Å². The number of hydrogen-bond donors (Lipinski definition) is 0. The van der Waals surface area contributed by atoms with Crippen LogP contribution in [0.15, 0.2) is 194 Å². The minimum atomic E-state index is -0.365. The molecule has 0 N–H and O–H groups in total. The van der Waals surface area contributed by atoms with Gasteiger partial charge < -0.3 is 37.9 Å². The van der Waals surface area contributed by atoms with Gasteiger partial charge in [-0.15, -0.1) is 0 Å². The number of rotatable bonds is 64. The first-order valence-electron chi connectivity index (χ1n) is 52.2. The molecule has 736 valence electrons. The standard InChI is InChI=1S/C122H152O16/c1-9-17-25-81-131-115(123)97-57-33-89(34-58-97)49-73-105-106(74-50-90-35-59-98(60-36-90)116(124)132-82-26-18-10-2)110(78-54-94-43-67-102(68-44-94)120(128)136-86-30-22-14-6)114-112(80-56-96-47-71-104(72-48-96)122(130)138-88-32-24-16-8)108(76-52-92-39-63-100(64-40-92)118(126)134-84-28-20-12-4)107(75-51-91-37-61-99(62-38-91)117(125)133-83-27-19-11-3)111(79-55-95-45-69-103(70-46-95)121(129)137-87-31-23-15-7)113(114)109(105)77-53-93-41-65-101(66-42-93)119(127)135-85-29-21-13-5/h33-48,57-72H,9-32,49-56,73-88H2,1-8H3. The van der Waals surface area contributed by atoms with E-state index in [1.807, 2.05) is 97.1 Å². The second-order valence-electron chi connectivity index (χ2n) is 36.9. The first-order valence-corrected chi connectivity index (χ1v) is 52.2. The Bertz CT molecular complexity index is 4730. The Hall–Kier alpha value is -11.8. The summed E-state index contributed by atoms with van der Waals surface area (Å²) in [6, 6.07) is 63.3. The van der Waals surface area contributed by atoms with Gasteiger partial charge in [0.05, 0.1) is 97.4 Å². The number of aryl methyl sites for hydroxylation is 12. The molecule has 0 heterocycles. The fourth-order valence-electron chi connectivity index (χ4n) is 18.0. The van der Waals surface area contributed by atoms with E-state index in [0.29, 0.717) is 200 Å². The third-order valence-electron chi connectivity index (χ3n) is 26.3. The molecular weight excluding hydrogens is 1720 g/mol. The second kappa shape index (κ2) is 60.8. The lowest BCUT2D eigenvalue weighted by Crippen LogP contribution is -2.18. The van der Waals surface area contributed by atoms with Gasteiger partial charge in [-0.3, -0.25) is 0 Å². The van der Waals surface area contributed by atoms with Crippen molar-refractivity contribution in [1.82, 2.24) is 0 Å². The SMILES string of the molecule is CCCCCOC(=O)c1ccc(CCc2c(CCc3ccc(C(=O)OCCCCC)cc3)c(CCc3ccc(C(=O)OCCCCC)cc3)c3c(CCc4ccc(C(=O)OCCCCC)cc4)c(CCc4ccc(C(=O)OCCCCC)cc4)c(CCc4ccc(C(=O)OCCCCC)cc4)c(CCc4ccc(C(=O)OCCCCC)cc4)c3c2CCc2ccc(C(=O)OCCCCC)cc2)cc1. The molecule has 0 saturated heterocycles. The summed E-state index contributed by atoms with van der Waals surface area (Å²) in [6.07, 6.45) is 30.9. The largest absolute Gasteiger partial charge is 0.462 e. The molecule has 0 bridgehead atoms. The third-order valence-corrected chi connectivity index (χ3v) is 26.3. The highest BCUT2D eigenvalue weighted by molar-refractivity contribution is 6.00. The molecule has 10 rings (SSSR count). The van der Waals surface area contributed by atoms with Crippen LogP contribution in [0, 0.1) is 0 Å². The fourth-order valence-corrected chi connectivity index (χ4v) is 18.0. The molecule has 138 heavy (non-hydrogen) atoms. The lowest BCUT2D eigenvalue weighted by Gasteiger charge is -2.31. The summed E-state index contributed by atoms with van der Waals surface area (Å²) in [6.45, 7) is 19.7. The molecule has 0 aliphatic rings. The summed E-state index contributed by atoms with van der Waals surface area (Å²) < 4.78 is 46.9. The smallest absolute Gasteiger partial charge is 0.338 e. The first kappa shape index (κ1) is 108. The van der Waals surface area contributed by atoms with E-state index in [1.54, 1.807) is 0 Å². The Morgan fingerprint density at radius 2 is 0.254 bits per heavy atom. The van der Waals surface area contributed by atoms with Gasteiger partial charge >= 0.3 is 47.8 Å². The first-order chi connectivity index (χ1) is 67.5. The molecule has 0 aliphatic heterocycles. The van der Waals surface area contributed by atoms with Crippen LogP contribution in [-0.4, -0.2) is 101 Å². The molecular formula is C122H152O16. The molecule has 0 aromatic heterocycles. The van der Waals surface area contributed by atoms with Crippen LogP contribution in [-0.2, 0) is 141 Å². The molecule has 10 aromatic carbocycles. The maximum atomic E-state index is 13.9. The zero-order valence-corrected chi connectivity index (χ0v) is 83.9. The number of unbranched alkanes of at least 4 members (excludes halogenated alkanes) is 16. The van der Waals surface area contributed by atoms with Crippen molar-refractivity contribution in [3.63, 3.8) is 0 Å². The number of esters is 8. The van der Waals surface area contributed by atoms with E-state index in [1.165, 1.54) is 44.5 Å². The molecule has 0 radical (unpaired) electrons. The summed E-state index contributed by atoms with van der Waals surface area (Å²) in [7, 11) is 0. The van der Waals surface area contributed by atoms with Crippen molar-refractivity contribution in [3.8, 4) is 0 Å². The molecule has 10 aromatic rings. The van der Waals surface area contributed by atoms with E-state index >= 15 is 0 Å².